The standard InChI is InChI=1S/C21H17N3O4S2/c25-20(23-17-9-5-16(6-10-17)19-13-22-14-28-19)12-15-3-7-18(8-4-15)24-30(26,27)21-2-1-11-29-21/h1-11,13-14,24H,12H2,(H,23,25). The molecule has 0 radical (unpaired) electrons. The fourth-order valence-corrected chi connectivity index (χ4v) is 4.83. The number of thiophene rings is 1. The van der Waals surface area contributed by atoms with Gasteiger partial charge in [-0.1, -0.05) is 18.2 Å². The average molecular weight is 440 g/mol. The van der Waals surface area contributed by atoms with Gasteiger partial charge in [0.15, 0.2) is 12.2 Å². The largest absolute Gasteiger partial charge is 0.444 e. The molecule has 7 nitrogen and oxygen atoms in total. The maximum Gasteiger partial charge on any atom is 0.271 e. The zero-order valence-electron chi connectivity index (χ0n) is 15.6. The maximum atomic E-state index is 12.3. The Bertz CT molecular complexity index is 1220. The smallest absolute Gasteiger partial charge is 0.271 e. The van der Waals surface area contributed by atoms with Crippen molar-refractivity contribution in [1.29, 1.82) is 0 Å². The van der Waals surface area contributed by atoms with E-state index in [-0.39, 0.29) is 16.5 Å². The number of hydrogen-bond acceptors (Lipinski definition) is 6. The number of anilines is 2. The quantitative estimate of drug-likeness (QED) is 0.445. The van der Waals surface area contributed by atoms with Crippen molar-refractivity contribution in [2.24, 2.45) is 0 Å². The molecular weight excluding hydrogens is 422 g/mol. The second-order valence-electron chi connectivity index (χ2n) is 6.40. The molecule has 0 fully saturated rings. The van der Waals surface area contributed by atoms with Crippen LogP contribution in [0.1, 0.15) is 5.56 Å². The number of nitrogens with zero attached hydrogens (tertiary/aromatic N) is 1. The van der Waals surface area contributed by atoms with Crippen LogP contribution in [-0.4, -0.2) is 19.3 Å². The second kappa shape index (κ2) is 8.52. The Morgan fingerprint density at radius 2 is 1.73 bits per heavy atom. The number of benzene rings is 2. The first kappa shape index (κ1) is 19.9. The highest BCUT2D eigenvalue weighted by Gasteiger charge is 2.15. The van der Waals surface area contributed by atoms with Crippen LogP contribution in [-0.2, 0) is 21.2 Å². The van der Waals surface area contributed by atoms with Crippen molar-refractivity contribution in [3.63, 3.8) is 0 Å². The minimum atomic E-state index is -3.59. The highest BCUT2D eigenvalue weighted by atomic mass is 32.2. The molecule has 0 aliphatic carbocycles. The van der Waals surface area contributed by atoms with E-state index in [1.54, 1.807) is 60.1 Å². The number of aromatic nitrogens is 1. The number of carbonyl (C=O) groups is 1. The van der Waals surface area contributed by atoms with E-state index >= 15 is 0 Å². The van der Waals surface area contributed by atoms with Crippen molar-refractivity contribution in [3.8, 4) is 11.3 Å². The van der Waals surface area contributed by atoms with Crippen molar-refractivity contribution < 1.29 is 17.6 Å². The first-order chi connectivity index (χ1) is 14.5. The van der Waals surface area contributed by atoms with Crippen molar-refractivity contribution in [3.05, 3.63) is 84.2 Å². The van der Waals surface area contributed by atoms with Crippen LogP contribution in [0.4, 0.5) is 11.4 Å². The molecule has 2 aromatic carbocycles. The van der Waals surface area contributed by atoms with E-state index in [0.29, 0.717) is 17.1 Å². The van der Waals surface area contributed by atoms with Crippen LogP contribution in [0, 0.1) is 0 Å². The summed E-state index contributed by atoms with van der Waals surface area (Å²) in [5, 5.41) is 4.55. The van der Waals surface area contributed by atoms with Crippen molar-refractivity contribution in [1.82, 2.24) is 4.98 Å². The minimum absolute atomic E-state index is 0.168. The molecule has 0 unspecified atom stereocenters. The number of nitrogens with one attached hydrogen (secondary N) is 2. The van der Waals surface area contributed by atoms with E-state index in [9.17, 15) is 13.2 Å². The van der Waals surface area contributed by atoms with Crippen LogP contribution >= 0.6 is 11.3 Å². The molecular formula is C21H17N3O4S2. The second-order valence-corrected chi connectivity index (χ2v) is 9.26. The summed E-state index contributed by atoms with van der Waals surface area (Å²) in [5.74, 6) is 0.483. The highest BCUT2D eigenvalue weighted by molar-refractivity contribution is 7.94. The predicted octanol–water partition coefficient (Wildman–Crippen LogP) is 4.39. The zero-order chi connectivity index (χ0) is 21.0. The van der Waals surface area contributed by atoms with Crippen LogP contribution in [0.3, 0.4) is 0 Å². The summed E-state index contributed by atoms with van der Waals surface area (Å²) in [6.45, 7) is 0. The summed E-state index contributed by atoms with van der Waals surface area (Å²) in [4.78, 5) is 16.2. The predicted molar refractivity (Wildman–Crippen MR) is 116 cm³/mol. The molecule has 4 aromatic rings. The molecule has 0 saturated heterocycles. The third-order valence-electron chi connectivity index (χ3n) is 4.22. The molecule has 2 N–H and O–H groups in total. The van der Waals surface area contributed by atoms with Gasteiger partial charge in [-0.05, 0) is 53.4 Å². The third-order valence-corrected chi connectivity index (χ3v) is 7.00. The van der Waals surface area contributed by atoms with E-state index in [1.165, 1.54) is 6.39 Å². The van der Waals surface area contributed by atoms with Gasteiger partial charge < -0.3 is 9.73 Å². The van der Waals surface area contributed by atoms with E-state index in [0.717, 1.165) is 22.5 Å². The lowest BCUT2D eigenvalue weighted by Gasteiger charge is -2.08. The third kappa shape index (κ3) is 4.76. The lowest BCUT2D eigenvalue weighted by Crippen LogP contribution is -2.14. The molecule has 1 amide bonds. The average Bonchev–Trinajstić information content (AvgIpc) is 3.44. The first-order valence-electron chi connectivity index (χ1n) is 8.94. The highest BCUT2D eigenvalue weighted by Crippen LogP contribution is 2.22. The van der Waals surface area contributed by atoms with Gasteiger partial charge >= 0.3 is 0 Å². The van der Waals surface area contributed by atoms with Crippen molar-refractivity contribution in [2.45, 2.75) is 10.6 Å². The van der Waals surface area contributed by atoms with Crippen molar-refractivity contribution in [2.75, 3.05) is 10.0 Å². The van der Waals surface area contributed by atoms with Gasteiger partial charge in [0.1, 0.15) is 4.21 Å². The number of carbonyl (C=O) groups excluding carboxylic acids is 1. The molecule has 0 aliphatic heterocycles. The van der Waals surface area contributed by atoms with E-state index < -0.39 is 10.0 Å². The first-order valence-corrected chi connectivity index (χ1v) is 11.3. The van der Waals surface area contributed by atoms with Gasteiger partial charge in [-0.2, -0.15) is 0 Å². The fraction of sp³-hybridized carbons (Fsp3) is 0.0476. The number of amides is 1. The summed E-state index contributed by atoms with van der Waals surface area (Å²) in [5.41, 5.74) is 2.75. The van der Waals surface area contributed by atoms with Crippen LogP contribution in [0.2, 0.25) is 0 Å². The monoisotopic (exact) mass is 439 g/mol. The molecule has 30 heavy (non-hydrogen) atoms. The lowest BCUT2D eigenvalue weighted by atomic mass is 10.1. The Balaban J connectivity index is 1.34. The van der Waals surface area contributed by atoms with Gasteiger partial charge in [0, 0.05) is 16.9 Å². The maximum absolute atomic E-state index is 12.3. The molecule has 0 bridgehead atoms. The molecule has 2 aromatic heterocycles. The van der Waals surface area contributed by atoms with Gasteiger partial charge in [-0.15, -0.1) is 11.3 Å². The van der Waals surface area contributed by atoms with Gasteiger partial charge in [-0.3, -0.25) is 9.52 Å². The van der Waals surface area contributed by atoms with E-state index in [1.807, 2.05) is 12.1 Å². The molecule has 9 heteroatoms. The Morgan fingerprint density at radius 1 is 1.00 bits per heavy atom. The van der Waals surface area contributed by atoms with E-state index in [4.69, 9.17) is 4.42 Å². The molecule has 0 atom stereocenters. The Morgan fingerprint density at radius 3 is 2.37 bits per heavy atom. The normalized spacial score (nSPS) is 11.2. The molecule has 152 valence electrons. The number of hydrogen-bond donors (Lipinski definition) is 2. The minimum Gasteiger partial charge on any atom is -0.444 e. The fourth-order valence-electron chi connectivity index (χ4n) is 2.78. The van der Waals surface area contributed by atoms with E-state index in [2.05, 4.69) is 15.0 Å². The molecule has 0 aliphatic rings. The summed E-state index contributed by atoms with van der Waals surface area (Å²) in [6, 6.07) is 17.2. The Labute approximate surface area is 177 Å². The van der Waals surface area contributed by atoms with Crippen molar-refractivity contribution >= 4 is 38.6 Å². The summed E-state index contributed by atoms with van der Waals surface area (Å²) in [6.07, 6.45) is 3.16. The van der Waals surface area contributed by atoms with Gasteiger partial charge in [0.2, 0.25) is 5.91 Å². The Kier molecular flexibility index (Phi) is 5.64. The van der Waals surface area contributed by atoms with Gasteiger partial charge in [0.05, 0.1) is 12.6 Å². The van der Waals surface area contributed by atoms with Gasteiger partial charge in [0.25, 0.3) is 10.0 Å². The molecule has 4 rings (SSSR count). The van der Waals surface area contributed by atoms with Crippen LogP contribution in [0.25, 0.3) is 11.3 Å². The summed E-state index contributed by atoms with van der Waals surface area (Å²) in [7, 11) is -3.59. The van der Waals surface area contributed by atoms with Crippen LogP contribution in [0.5, 0.6) is 0 Å². The topological polar surface area (TPSA) is 101 Å². The summed E-state index contributed by atoms with van der Waals surface area (Å²) < 4.78 is 32.5. The number of oxazole rings is 1. The summed E-state index contributed by atoms with van der Waals surface area (Å²) >= 11 is 1.15. The lowest BCUT2D eigenvalue weighted by molar-refractivity contribution is -0.115. The number of sulfonamides is 1. The SMILES string of the molecule is O=C(Cc1ccc(NS(=O)(=O)c2cccs2)cc1)Nc1ccc(-c2cnco2)cc1. The molecule has 2 heterocycles. The van der Waals surface area contributed by atoms with Crippen LogP contribution < -0.4 is 10.0 Å². The molecule has 0 saturated carbocycles. The molecule has 0 spiro atoms. The zero-order valence-corrected chi connectivity index (χ0v) is 17.2. The van der Waals surface area contributed by atoms with Gasteiger partial charge in [-0.25, -0.2) is 13.4 Å². The number of rotatable bonds is 7. The van der Waals surface area contributed by atoms with Crippen LogP contribution in [0.15, 0.2) is 87.3 Å². The Hall–Kier alpha value is -3.43.